The minimum atomic E-state index is -1.95. The van der Waals surface area contributed by atoms with Crippen molar-refractivity contribution >= 4 is 28.2 Å². The van der Waals surface area contributed by atoms with Crippen molar-refractivity contribution in [2.75, 3.05) is 31.0 Å². The number of carboxylic acids is 1. The van der Waals surface area contributed by atoms with E-state index in [0.717, 1.165) is 10.8 Å². The highest BCUT2D eigenvalue weighted by Gasteiger charge is 2.47. The predicted octanol–water partition coefficient (Wildman–Crippen LogP) is 2.11. The number of alkyl halides is 2. The SMILES string of the molecule is COc1c(N2CCCC2C(N)CF)c(F)c(N)c2c(=O)c(C(=O)O)cn(C3(F)CC3)c12. The Hall–Kier alpha value is -2.95. The van der Waals surface area contributed by atoms with Gasteiger partial charge in [-0.05, 0) is 12.8 Å². The van der Waals surface area contributed by atoms with Crippen LogP contribution in [0.4, 0.5) is 24.5 Å². The minimum Gasteiger partial charge on any atom is -0.492 e. The summed E-state index contributed by atoms with van der Waals surface area (Å²) in [6, 6.07) is -1.44. The molecule has 2 heterocycles. The van der Waals surface area contributed by atoms with Crippen molar-refractivity contribution in [2.45, 2.75) is 43.6 Å². The number of benzene rings is 1. The molecule has 1 aromatic heterocycles. The number of fused-ring (bicyclic) bond motifs is 1. The van der Waals surface area contributed by atoms with E-state index in [1.54, 1.807) is 0 Å². The minimum absolute atomic E-state index is 0.0822. The molecule has 2 atom stereocenters. The van der Waals surface area contributed by atoms with E-state index in [0.29, 0.717) is 19.4 Å². The monoisotopic (exact) mass is 440 g/mol. The maximum atomic E-state index is 15.6. The lowest BCUT2D eigenvalue weighted by molar-refractivity contribution is 0.0694. The summed E-state index contributed by atoms with van der Waals surface area (Å²) in [6.45, 7) is -0.497. The molecule has 31 heavy (non-hydrogen) atoms. The Kier molecular flexibility index (Phi) is 5.03. The van der Waals surface area contributed by atoms with E-state index in [9.17, 15) is 19.1 Å². The molecule has 11 heteroatoms. The quantitative estimate of drug-likeness (QED) is 0.588. The van der Waals surface area contributed by atoms with Gasteiger partial charge in [-0.1, -0.05) is 0 Å². The van der Waals surface area contributed by atoms with Crippen LogP contribution in [-0.4, -0.2) is 48.1 Å². The lowest BCUT2D eigenvalue weighted by Crippen LogP contribution is -2.46. The van der Waals surface area contributed by atoms with Gasteiger partial charge in [0.2, 0.25) is 5.43 Å². The third kappa shape index (κ3) is 3.10. The van der Waals surface area contributed by atoms with Crippen LogP contribution < -0.4 is 26.5 Å². The van der Waals surface area contributed by atoms with Crippen LogP contribution in [0.3, 0.4) is 0 Å². The molecule has 5 N–H and O–H groups in total. The maximum absolute atomic E-state index is 15.6. The van der Waals surface area contributed by atoms with Crippen LogP contribution in [0.2, 0.25) is 0 Å². The first-order valence-electron chi connectivity index (χ1n) is 9.91. The van der Waals surface area contributed by atoms with Gasteiger partial charge < -0.3 is 30.8 Å². The second-order valence-electron chi connectivity index (χ2n) is 8.02. The van der Waals surface area contributed by atoms with Gasteiger partial charge in [-0.2, -0.15) is 0 Å². The first-order valence-corrected chi connectivity index (χ1v) is 9.91. The zero-order valence-electron chi connectivity index (χ0n) is 16.8. The number of methoxy groups -OCH3 is 1. The summed E-state index contributed by atoms with van der Waals surface area (Å²) in [5, 5.41) is 8.95. The lowest BCUT2D eigenvalue weighted by Gasteiger charge is -2.32. The Balaban J connectivity index is 2.11. The molecule has 1 aliphatic heterocycles. The summed E-state index contributed by atoms with van der Waals surface area (Å²) < 4.78 is 50.5. The molecule has 8 nitrogen and oxygen atoms in total. The van der Waals surface area contributed by atoms with E-state index in [2.05, 4.69) is 0 Å². The smallest absolute Gasteiger partial charge is 0.341 e. The van der Waals surface area contributed by atoms with Crippen LogP contribution in [-0.2, 0) is 5.79 Å². The van der Waals surface area contributed by atoms with Gasteiger partial charge >= 0.3 is 5.97 Å². The zero-order chi connectivity index (χ0) is 22.7. The Labute approximate surface area is 175 Å². The molecule has 1 aliphatic carbocycles. The number of nitrogens with two attached hydrogens (primary N) is 2. The number of carbonyl (C=O) groups is 1. The molecule has 0 radical (unpaired) electrons. The fourth-order valence-electron chi connectivity index (χ4n) is 4.42. The summed E-state index contributed by atoms with van der Waals surface area (Å²) in [4.78, 5) is 26.0. The third-order valence-corrected chi connectivity index (χ3v) is 6.14. The second kappa shape index (κ2) is 7.33. The fraction of sp³-hybridized carbons (Fsp3) is 0.500. The van der Waals surface area contributed by atoms with Crippen molar-refractivity contribution in [3.05, 3.63) is 27.8 Å². The average Bonchev–Trinajstić information content (AvgIpc) is 3.30. The van der Waals surface area contributed by atoms with Crippen molar-refractivity contribution in [3.63, 3.8) is 0 Å². The lowest BCUT2D eigenvalue weighted by atomic mass is 10.0. The molecule has 1 saturated heterocycles. The highest BCUT2D eigenvalue weighted by Crippen LogP contribution is 2.51. The number of nitrogen functional groups attached to an aromatic ring is 1. The van der Waals surface area contributed by atoms with Gasteiger partial charge in [0.1, 0.15) is 23.4 Å². The van der Waals surface area contributed by atoms with Crippen LogP contribution in [0, 0.1) is 5.82 Å². The van der Waals surface area contributed by atoms with Crippen molar-refractivity contribution in [2.24, 2.45) is 5.73 Å². The molecule has 0 spiro atoms. The third-order valence-electron chi connectivity index (χ3n) is 6.14. The molecule has 1 aromatic carbocycles. The van der Waals surface area contributed by atoms with Crippen LogP contribution in [0.15, 0.2) is 11.0 Å². The summed E-state index contributed by atoms with van der Waals surface area (Å²) in [5.41, 5.74) is 9.22. The molecule has 168 valence electrons. The molecule has 1 saturated carbocycles. The second-order valence-corrected chi connectivity index (χ2v) is 8.02. The highest BCUT2D eigenvalue weighted by molar-refractivity contribution is 6.03. The highest BCUT2D eigenvalue weighted by atomic mass is 19.2. The van der Waals surface area contributed by atoms with Gasteiger partial charge in [0.05, 0.1) is 24.2 Å². The Morgan fingerprint density at radius 1 is 1.45 bits per heavy atom. The molecule has 2 aromatic rings. The Bertz CT molecular complexity index is 1130. The predicted molar refractivity (Wildman–Crippen MR) is 109 cm³/mol. The van der Waals surface area contributed by atoms with Gasteiger partial charge in [-0.25, -0.2) is 18.0 Å². The van der Waals surface area contributed by atoms with Crippen molar-refractivity contribution in [1.82, 2.24) is 4.57 Å². The number of carboxylic acid groups (broad SMARTS) is 1. The molecule has 2 aliphatic rings. The number of aromatic carboxylic acids is 1. The van der Waals surface area contributed by atoms with E-state index in [4.69, 9.17) is 16.2 Å². The molecule has 4 rings (SSSR count). The van der Waals surface area contributed by atoms with Crippen molar-refractivity contribution in [3.8, 4) is 5.75 Å². The van der Waals surface area contributed by atoms with E-state index < -0.39 is 58.4 Å². The zero-order valence-corrected chi connectivity index (χ0v) is 16.8. The standard InChI is InChI=1S/C20H23F3N4O4/c1-31-18-15-12(17(28)9(19(29)30)8-27(15)20(23)4-5-20)14(25)13(22)16(18)26-6-2-3-11(26)10(24)7-21/h8,10-11H,2-7,24-25H2,1H3,(H,29,30). The van der Waals surface area contributed by atoms with Gasteiger partial charge in [-0.15, -0.1) is 0 Å². The van der Waals surface area contributed by atoms with Gasteiger partial charge in [0.15, 0.2) is 17.4 Å². The summed E-state index contributed by atoms with van der Waals surface area (Å²) in [5.74, 6) is -4.72. The number of anilines is 2. The van der Waals surface area contributed by atoms with Gasteiger partial charge in [0.25, 0.3) is 0 Å². The first-order chi connectivity index (χ1) is 14.7. The summed E-state index contributed by atoms with van der Waals surface area (Å²) >= 11 is 0. The fourth-order valence-corrected chi connectivity index (χ4v) is 4.42. The molecular formula is C20H23F3N4O4. The Morgan fingerprint density at radius 3 is 2.68 bits per heavy atom. The number of aromatic nitrogens is 1. The molecule has 0 bridgehead atoms. The van der Waals surface area contributed by atoms with Crippen LogP contribution >= 0.6 is 0 Å². The molecule has 2 fully saturated rings. The van der Waals surface area contributed by atoms with Crippen molar-refractivity contribution in [1.29, 1.82) is 0 Å². The van der Waals surface area contributed by atoms with E-state index in [1.807, 2.05) is 0 Å². The molecule has 2 unspecified atom stereocenters. The van der Waals surface area contributed by atoms with Gasteiger partial charge in [0, 0.05) is 31.6 Å². The van der Waals surface area contributed by atoms with Crippen LogP contribution in [0.1, 0.15) is 36.0 Å². The van der Waals surface area contributed by atoms with E-state index in [-0.39, 0.29) is 29.8 Å². The summed E-state index contributed by atoms with van der Waals surface area (Å²) in [7, 11) is 1.23. The number of hydrogen-bond donors (Lipinski definition) is 3. The number of halogens is 3. The topological polar surface area (TPSA) is 124 Å². The number of rotatable bonds is 6. The number of hydrogen-bond acceptors (Lipinski definition) is 6. The normalized spacial score (nSPS) is 20.8. The Morgan fingerprint density at radius 2 is 2.13 bits per heavy atom. The van der Waals surface area contributed by atoms with Crippen LogP contribution in [0.5, 0.6) is 5.75 Å². The van der Waals surface area contributed by atoms with E-state index >= 15 is 8.78 Å². The molecular weight excluding hydrogens is 417 g/mol. The van der Waals surface area contributed by atoms with Crippen molar-refractivity contribution < 1.29 is 27.8 Å². The first kappa shape index (κ1) is 21.3. The van der Waals surface area contributed by atoms with Crippen LogP contribution in [0.25, 0.3) is 10.9 Å². The number of ether oxygens (including phenoxy) is 1. The average molecular weight is 440 g/mol. The molecule has 0 amide bonds. The number of pyridine rings is 1. The summed E-state index contributed by atoms with van der Waals surface area (Å²) in [6.07, 6.45) is 2.18. The maximum Gasteiger partial charge on any atom is 0.341 e. The van der Waals surface area contributed by atoms with Gasteiger partial charge in [-0.3, -0.25) is 4.79 Å². The largest absolute Gasteiger partial charge is 0.492 e. The number of nitrogens with zero attached hydrogens (tertiary/aromatic N) is 2. The van der Waals surface area contributed by atoms with E-state index in [1.165, 1.54) is 12.0 Å².